The highest BCUT2D eigenvalue weighted by Gasteiger charge is 2.08. The Labute approximate surface area is 97.7 Å². The first-order valence-corrected chi connectivity index (χ1v) is 4.87. The quantitative estimate of drug-likeness (QED) is 0.803. The Balaban J connectivity index is 2.20. The number of rotatable bonds is 3. The molecule has 0 aliphatic carbocycles. The van der Waals surface area contributed by atoms with Crippen molar-refractivity contribution in [3.8, 4) is 0 Å². The third-order valence-electron chi connectivity index (χ3n) is 1.96. The van der Waals surface area contributed by atoms with E-state index in [-0.39, 0.29) is 5.69 Å². The molecule has 86 valence electrons. The first-order valence-electron chi connectivity index (χ1n) is 4.87. The van der Waals surface area contributed by atoms with Crippen LogP contribution in [0.1, 0.15) is 10.5 Å². The molecule has 0 aromatic carbocycles. The monoisotopic (exact) mass is 230 g/mol. The molecule has 17 heavy (non-hydrogen) atoms. The van der Waals surface area contributed by atoms with Crippen LogP contribution in [0.4, 0.5) is 11.5 Å². The van der Waals surface area contributed by atoms with Crippen molar-refractivity contribution >= 4 is 17.5 Å². The summed E-state index contributed by atoms with van der Waals surface area (Å²) < 4.78 is 4.56. The Morgan fingerprint density at radius 3 is 2.88 bits per heavy atom. The number of aromatic nitrogens is 3. The van der Waals surface area contributed by atoms with Gasteiger partial charge in [0.2, 0.25) is 0 Å². The van der Waals surface area contributed by atoms with Gasteiger partial charge >= 0.3 is 5.97 Å². The van der Waals surface area contributed by atoms with Gasteiger partial charge in [-0.25, -0.2) is 9.78 Å². The fraction of sp³-hybridized carbons (Fsp3) is 0.0909. The Morgan fingerprint density at radius 2 is 2.18 bits per heavy atom. The molecule has 0 atom stereocenters. The molecule has 6 nitrogen and oxygen atoms in total. The van der Waals surface area contributed by atoms with E-state index in [2.05, 4.69) is 25.0 Å². The van der Waals surface area contributed by atoms with Crippen molar-refractivity contribution in [2.45, 2.75) is 0 Å². The lowest BCUT2D eigenvalue weighted by Gasteiger charge is -2.05. The number of pyridine rings is 1. The summed E-state index contributed by atoms with van der Waals surface area (Å²) in [6.07, 6.45) is 6.17. The van der Waals surface area contributed by atoms with Crippen LogP contribution in [-0.2, 0) is 4.74 Å². The van der Waals surface area contributed by atoms with Gasteiger partial charge in [-0.2, -0.15) is 0 Å². The van der Waals surface area contributed by atoms with E-state index in [0.29, 0.717) is 5.82 Å². The third-order valence-corrected chi connectivity index (χ3v) is 1.96. The van der Waals surface area contributed by atoms with Crippen LogP contribution >= 0.6 is 0 Å². The van der Waals surface area contributed by atoms with E-state index in [0.717, 1.165) is 5.69 Å². The summed E-state index contributed by atoms with van der Waals surface area (Å²) in [5.41, 5.74) is 0.921. The van der Waals surface area contributed by atoms with Gasteiger partial charge in [0.25, 0.3) is 0 Å². The molecular formula is C11H10N4O2. The number of hydrogen-bond acceptors (Lipinski definition) is 6. The molecule has 2 heterocycles. The molecule has 0 aliphatic rings. The fourth-order valence-corrected chi connectivity index (χ4v) is 1.21. The highest BCUT2D eigenvalue weighted by atomic mass is 16.5. The zero-order valence-corrected chi connectivity index (χ0v) is 9.12. The molecule has 0 radical (unpaired) electrons. The number of ether oxygens (including phenoxy) is 1. The second kappa shape index (κ2) is 5.02. The zero-order valence-electron chi connectivity index (χ0n) is 9.12. The number of methoxy groups -OCH3 is 1. The molecule has 2 rings (SSSR count). The van der Waals surface area contributed by atoms with E-state index in [1.54, 1.807) is 18.5 Å². The number of carbonyl (C=O) groups is 1. The average Bonchev–Trinajstić information content (AvgIpc) is 2.39. The molecule has 0 aliphatic heterocycles. The summed E-state index contributed by atoms with van der Waals surface area (Å²) >= 11 is 0. The second-order valence-corrected chi connectivity index (χ2v) is 3.15. The summed E-state index contributed by atoms with van der Waals surface area (Å²) in [4.78, 5) is 23.2. The minimum Gasteiger partial charge on any atom is -0.464 e. The topological polar surface area (TPSA) is 77.0 Å². The normalized spacial score (nSPS) is 9.71. The van der Waals surface area contributed by atoms with Gasteiger partial charge in [0.05, 0.1) is 31.4 Å². The predicted octanol–water partition coefficient (Wildman–Crippen LogP) is 1.40. The molecule has 0 saturated heterocycles. The largest absolute Gasteiger partial charge is 0.464 e. The maximum absolute atomic E-state index is 11.3. The molecule has 0 saturated carbocycles. The van der Waals surface area contributed by atoms with Gasteiger partial charge < -0.3 is 10.1 Å². The van der Waals surface area contributed by atoms with Crippen molar-refractivity contribution in [2.75, 3.05) is 12.4 Å². The van der Waals surface area contributed by atoms with E-state index < -0.39 is 5.97 Å². The summed E-state index contributed by atoms with van der Waals surface area (Å²) in [6, 6.07) is 3.62. The average molecular weight is 230 g/mol. The van der Waals surface area contributed by atoms with Crippen molar-refractivity contribution in [2.24, 2.45) is 0 Å². The van der Waals surface area contributed by atoms with E-state index >= 15 is 0 Å². The van der Waals surface area contributed by atoms with Crippen LogP contribution in [0.15, 0.2) is 36.9 Å². The molecule has 0 spiro atoms. The van der Waals surface area contributed by atoms with Crippen LogP contribution < -0.4 is 5.32 Å². The molecule has 0 fully saturated rings. The zero-order chi connectivity index (χ0) is 12.1. The van der Waals surface area contributed by atoms with Crippen molar-refractivity contribution in [1.82, 2.24) is 15.0 Å². The van der Waals surface area contributed by atoms with Gasteiger partial charge in [-0.1, -0.05) is 0 Å². The first kappa shape index (κ1) is 11.0. The Hall–Kier alpha value is -2.50. The van der Waals surface area contributed by atoms with Crippen molar-refractivity contribution in [3.05, 3.63) is 42.6 Å². The van der Waals surface area contributed by atoms with Crippen molar-refractivity contribution in [1.29, 1.82) is 0 Å². The molecule has 0 bridgehead atoms. The standard InChI is InChI=1S/C11H10N4O2/c1-17-11(16)9-6-13-7-10(15-9)14-8-3-2-4-12-5-8/h2-7H,1H3,(H,14,15). The smallest absolute Gasteiger partial charge is 0.358 e. The summed E-state index contributed by atoms with van der Waals surface area (Å²) in [5.74, 6) is -0.0618. The second-order valence-electron chi connectivity index (χ2n) is 3.15. The van der Waals surface area contributed by atoms with Crippen molar-refractivity contribution in [3.63, 3.8) is 0 Å². The van der Waals surface area contributed by atoms with Crippen LogP contribution in [0, 0.1) is 0 Å². The van der Waals surface area contributed by atoms with Crippen LogP contribution in [0.5, 0.6) is 0 Å². The lowest BCUT2D eigenvalue weighted by molar-refractivity contribution is 0.0593. The van der Waals surface area contributed by atoms with E-state index in [1.807, 2.05) is 6.07 Å². The number of anilines is 2. The van der Waals surface area contributed by atoms with Gasteiger partial charge in [0.15, 0.2) is 5.69 Å². The van der Waals surface area contributed by atoms with Crippen molar-refractivity contribution < 1.29 is 9.53 Å². The Morgan fingerprint density at radius 1 is 1.29 bits per heavy atom. The fourth-order valence-electron chi connectivity index (χ4n) is 1.21. The summed E-state index contributed by atoms with van der Waals surface area (Å²) in [6.45, 7) is 0. The number of esters is 1. The van der Waals surface area contributed by atoms with Crippen LogP contribution in [-0.4, -0.2) is 28.0 Å². The first-order chi connectivity index (χ1) is 8.29. The molecule has 0 unspecified atom stereocenters. The van der Waals surface area contributed by atoms with Gasteiger partial charge in [-0.3, -0.25) is 9.97 Å². The van der Waals surface area contributed by atoms with Crippen LogP contribution in [0.3, 0.4) is 0 Å². The minimum absolute atomic E-state index is 0.154. The lowest BCUT2D eigenvalue weighted by atomic mass is 10.4. The van der Waals surface area contributed by atoms with Gasteiger partial charge in [0.1, 0.15) is 5.82 Å². The predicted molar refractivity (Wildman–Crippen MR) is 60.9 cm³/mol. The highest BCUT2D eigenvalue weighted by Crippen LogP contribution is 2.11. The van der Waals surface area contributed by atoms with Crippen LogP contribution in [0.25, 0.3) is 0 Å². The maximum atomic E-state index is 11.3. The third kappa shape index (κ3) is 2.75. The van der Waals surface area contributed by atoms with E-state index in [9.17, 15) is 4.79 Å². The van der Waals surface area contributed by atoms with Crippen LogP contribution in [0.2, 0.25) is 0 Å². The minimum atomic E-state index is -0.521. The number of nitrogens with one attached hydrogen (secondary N) is 1. The molecule has 1 N–H and O–H groups in total. The van der Waals surface area contributed by atoms with Gasteiger partial charge in [0, 0.05) is 6.20 Å². The molecule has 0 amide bonds. The lowest BCUT2D eigenvalue weighted by Crippen LogP contribution is -2.06. The molecule has 2 aromatic rings. The summed E-state index contributed by atoms with van der Waals surface area (Å²) in [7, 11) is 1.30. The number of hydrogen-bond donors (Lipinski definition) is 1. The molecule has 2 aromatic heterocycles. The molecule has 6 heteroatoms. The summed E-state index contributed by atoms with van der Waals surface area (Å²) in [5, 5.41) is 2.98. The Kier molecular flexibility index (Phi) is 3.25. The van der Waals surface area contributed by atoms with Gasteiger partial charge in [-0.15, -0.1) is 0 Å². The Bertz CT molecular complexity index is 516. The number of nitrogens with zero attached hydrogens (tertiary/aromatic N) is 3. The van der Waals surface area contributed by atoms with E-state index in [4.69, 9.17) is 0 Å². The SMILES string of the molecule is COC(=O)c1cncc(Nc2cccnc2)n1. The van der Waals surface area contributed by atoms with Gasteiger partial charge in [-0.05, 0) is 12.1 Å². The maximum Gasteiger partial charge on any atom is 0.358 e. The number of carbonyl (C=O) groups excluding carboxylic acids is 1. The van der Waals surface area contributed by atoms with E-state index in [1.165, 1.54) is 19.5 Å². The molecular weight excluding hydrogens is 220 g/mol. The highest BCUT2D eigenvalue weighted by molar-refractivity contribution is 5.87.